The van der Waals surface area contributed by atoms with Gasteiger partial charge in [-0.2, -0.15) is 0 Å². The molecular formula is C19H34N4O3S. The number of nitrogens with zero attached hydrogens (tertiary/aromatic N) is 2. The highest BCUT2D eigenvalue weighted by Gasteiger charge is 2.24. The molecule has 2 N–H and O–H groups in total. The molecule has 0 aromatic carbocycles. The number of nitrogens with one attached hydrogen (secondary N) is 2. The van der Waals surface area contributed by atoms with Gasteiger partial charge < -0.3 is 20.1 Å². The monoisotopic (exact) mass is 398 g/mol. The Bertz CT molecular complexity index is 637. The van der Waals surface area contributed by atoms with Crippen molar-refractivity contribution >= 4 is 23.3 Å². The van der Waals surface area contributed by atoms with Crippen LogP contribution in [0, 0.1) is 12.3 Å². The fourth-order valence-electron chi connectivity index (χ4n) is 2.45. The largest absolute Gasteiger partial charge is 0.462 e. The number of thiazole rings is 1. The van der Waals surface area contributed by atoms with Gasteiger partial charge in [0.05, 0.1) is 31.0 Å². The average molecular weight is 399 g/mol. The van der Waals surface area contributed by atoms with Crippen molar-refractivity contribution in [3.63, 3.8) is 0 Å². The third-order valence-corrected chi connectivity index (χ3v) is 5.33. The number of rotatable bonds is 8. The zero-order valence-corrected chi connectivity index (χ0v) is 18.6. The van der Waals surface area contributed by atoms with E-state index in [1.165, 1.54) is 11.3 Å². The lowest BCUT2D eigenvalue weighted by molar-refractivity contribution is 0.0241. The van der Waals surface area contributed by atoms with E-state index in [-0.39, 0.29) is 23.5 Å². The van der Waals surface area contributed by atoms with Gasteiger partial charge in [-0.1, -0.05) is 20.8 Å². The standard InChI is InChI=1S/C19H34N4O3S/c1-9-20-18(21-11-14(25-8)19(5,6)7)23-13(4)16-22-12(3)15(27-16)17(24)26-10-2/h13-14H,9-11H2,1-8H3,(H2,20,21,23). The molecule has 1 aromatic heterocycles. The van der Waals surface area contributed by atoms with Crippen molar-refractivity contribution in [3.8, 4) is 0 Å². The number of guanidine groups is 1. The molecule has 1 aromatic rings. The first kappa shape index (κ1) is 23.4. The summed E-state index contributed by atoms with van der Waals surface area (Å²) in [5.41, 5.74) is 0.693. The Kier molecular flexibility index (Phi) is 9.18. The van der Waals surface area contributed by atoms with Gasteiger partial charge in [0.25, 0.3) is 0 Å². The van der Waals surface area contributed by atoms with E-state index >= 15 is 0 Å². The molecule has 2 unspecified atom stereocenters. The minimum atomic E-state index is -0.320. The Morgan fingerprint density at radius 1 is 1.33 bits per heavy atom. The number of carbonyl (C=O) groups is 1. The van der Waals surface area contributed by atoms with Crippen LogP contribution >= 0.6 is 11.3 Å². The number of hydrogen-bond donors (Lipinski definition) is 2. The molecule has 0 aliphatic rings. The van der Waals surface area contributed by atoms with Crippen molar-refractivity contribution in [1.82, 2.24) is 15.6 Å². The van der Waals surface area contributed by atoms with Gasteiger partial charge >= 0.3 is 5.97 Å². The second-order valence-corrected chi connectivity index (χ2v) is 8.39. The first-order valence-corrected chi connectivity index (χ1v) is 10.2. The van der Waals surface area contributed by atoms with E-state index in [9.17, 15) is 4.79 Å². The van der Waals surface area contributed by atoms with Gasteiger partial charge in [0.1, 0.15) is 9.88 Å². The van der Waals surface area contributed by atoms with Crippen LogP contribution < -0.4 is 10.6 Å². The van der Waals surface area contributed by atoms with E-state index in [0.29, 0.717) is 29.7 Å². The van der Waals surface area contributed by atoms with Gasteiger partial charge in [-0.15, -0.1) is 11.3 Å². The average Bonchev–Trinajstić information content (AvgIpc) is 2.96. The van der Waals surface area contributed by atoms with Crippen molar-refractivity contribution < 1.29 is 14.3 Å². The summed E-state index contributed by atoms with van der Waals surface area (Å²) in [6.07, 6.45) is 0.0146. The quantitative estimate of drug-likeness (QED) is 0.397. The van der Waals surface area contributed by atoms with Crippen LogP contribution in [0.2, 0.25) is 0 Å². The van der Waals surface area contributed by atoms with Gasteiger partial charge in [0.2, 0.25) is 0 Å². The van der Waals surface area contributed by atoms with Gasteiger partial charge in [-0.05, 0) is 33.1 Å². The van der Waals surface area contributed by atoms with Crippen LogP contribution in [0.1, 0.15) is 68.0 Å². The van der Waals surface area contributed by atoms with E-state index < -0.39 is 0 Å². The lowest BCUT2D eigenvalue weighted by Crippen LogP contribution is -2.40. The van der Waals surface area contributed by atoms with Gasteiger partial charge in [-0.25, -0.2) is 9.78 Å². The van der Waals surface area contributed by atoms with Gasteiger partial charge in [-0.3, -0.25) is 4.99 Å². The molecule has 0 bridgehead atoms. The Hall–Kier alpha value is -1.67. The van der Waals surface area contributed by atoms with Crippen molar-refractivity contribution in [2.24, 2.45) is 10.4 Å². The maximum absolute atomic E-state index is 12.0. The van der Waals surface area contributed by atoms with Crippen LogP contribution in [0.15, 0.2) is 4.99 Å². The summed E-state index contributed by atoms with van der Waals surface area (Å²) in [5, 5.41) is 7.42. The Morgan fingerprint density at radius 2 is 2.00 bits per heavy atom. The Morgan fingerprint density at radius 3 is 2.52 bits per heavy atom. The molecule has 0 radical (unpaired) electrons. The van der Waals surface area contributed by atoms with Crippen molar-refractivity contribution in [2.75, 3.05) is 26.8 Å². The van der Waals surface area contributed by atoms with Crippen molar-refractivity contribution in [2.45, 2.75) is 60.6 Å². The molecule has 1 heterocycles. The molecule has 2 atom stereocenters. The number of carbonyl (C=O) groups excluding carboxylic acids is 1. The normalized spacial score (nSPS) is 14.6. The fraction of sp³-hybridized carbons (Fsp3) is 0.737. The Labute approximate surface area is 167 Å². The number of aryl methyl sites for hydroxylation is 1. The van der Waals surface area contributed by atoms with Crippen molar-refractivity contribution in [3.05, 3.63) is 15.6 Å². The third kappa shape index (κ3) is 7.10. The molecule has 1 rings (SSSR count). The van der Waals surface area contributed by atoms with E-state index in [2.05, 4.69) is 41.4 Å². The molecule has 8 heteroatoms. The molecule has 0 saturated carbocycles. The second kappa shape index (κ2) is 10.6. The zero-order chi connectivity index (χ0) is 20.6. The van der Waals surface area contributed by atoms with Crippen molar-refractivity contribution in [1.29, 1.82) is 0 Å². The number of aromatic nitrogens is 1. The molecule has 0 saturated heterocycles. The van der Waals surface area contributed by atoms with E-state index in [4.69, 9.17) is 9.47 Å². The number of methoxy groups -OCH3 is 1. The first-order chi connectivity index (χ1) is 12.6. The summed E-state index contributed by atoms with van der Waals surface area (Å²) in [5.74, 6) is 0.376. The fourth-order valence-corrected chi connectivity index (χ4v) is 3.41. The van der Waals surface area contributed by atoms with Crippen LogP contribution in [0.4, 0.5) is 0 Å². The SMILES string of the molecule is CCNC(=NCC(OC)C(C)(C)C)NC(C)c1nc(C)c(C(=O)OCC)s1. The number of hydrogen-bond acceptors (Lipinski definition) is 6. The lowest BCUT2D eigenvalue weighted by atomic mass is 9.89. The van der Waals surface area contributed by atoms with Crippen LogP contribution in [0.25, 0.3) is 0 Å². The van der Waals surface area contributed by atoms with E-state index in [1.807, 2.05) is 20.8 Å². The highest BCUT2D eigenvalue weighted by atomic mass is 32.1. The van der Waals surface area contributed by atoms with Crippen LogP contribution in [-0.4, -0.2) is 49.8 Å². The summed E-state index contributed by atoms with van der Waals surface area (Å²) >= 11 is 1.35. The highest BCUT2D eigenvalue weighted by molar-refractivity contribution is 7.13. The smallest absolute Gasteiger partial charge is 0.350 e. The minimum Gasteiger partial charge on any atom is -0.462 e. The van der Waals surface area contributed by atoms with Crippen LogP contribution in [-0.2, 0) is 9.47 Å². The molecule has 0 spiro atoms. The molecule has 0 aliphatic carbocycles. The molecular weight excluding hydrogens is 364 g/mol. The first-order valence-electron chi connectivity index (χ1n) is 9.36. The summed E-state index contributed by atoms with van der Waals surface area (Å²) in [6, 6.07) is -0.0923. The maximum atomic E-state index is 12.0. The number of aliphatic imine (C=N–C) groups is 1. The zero-order valence-electron chi connectivity index (χ0n) is 17.8. The predicted octanol–water partition coefficient (Wildman–Crippen LogP) is 3.31. The van der Waals surface area contributed by atoms with Crippen LogP contribution in [0.5, 0.6) is 0 Å². The van der Waals surface area contributed by atoms with Gasteiger partial charge in [0.15, 0.2) is 5.96 Å². The minimum absolute atomic E-state index is 0.00213. The number of ether oxygens (including phenoxy) is 2. The summed E-state index contributed by atoms with van der Waals surface area (Å²) in [7, 11) is 1.71. The van der Waals surface area contributed by atoms with Gasteiger partial charge in [0, 0.05) is 13.7 Å². The molecule has 0 amide bonds. The van der Waals surface area contributed by atoms with Crippen LogP contribution in [0.3, 0.4) is 0 Å². The molecule has 0 fully saturated rings. The molecule has 154 valence electrons. The summed E-state index contributed by atoms with van der Waals surface area (Å²) in [6.45, 7) is 15.7. The predicted molar refractivity (Wildman–Crippen MR) is 111 cm³/mol. The molecule has 0 aliphatic heterocycles. The lowest BCUT2D eigenvalue weighted by Gasteiger charge is -2.28. The second-order valence-electron chi connectivity index (χ2n) is 7.36. The van der Waals surface area contributed by atoms with E-state index in [1.54, 1.807) is 14.0 Å². The Balaban J connectivity index is 2.89. The topological polar surface area (TPSA) is 84.8 Å². The summed E-state index contributed by atoms with van der Waals surface area (Å²) < 4.78 is 10.7. The molecule has 7 nitrogen and oxygen atoms in total. The third-order valence-electron chi connectivity index (χ3n) is 4.01. The maximum Gasteiger partial charge on any atom is 0.350 e. The highest BCUT2D eigenvalue weighted by Crippen LogP contribution is 2.25. The molecule has 27 heavy (non-hydrogen) atoms. The van der Waals surface area contributed by atoms with E-state index in [0.717, 1.165) is 11.6 Å². The number of esters is 1. The summed E-state index contributed by atoms with van der Waals surface area (Å²) in [4.78, 5) is 21.7.